The number of aliphatic hydroxyl groups excluding tert-OH is 1. The Morgan fingerprint density at radius 2 is 2.27 bits per heavy atom. The molecule has 15 heavy (non-hydrogen) atoms. The highest BCUT2D eigenvalue weighted by molar-refractivity contribution is 7.15. The number of aryl methyl sites for hydroxylation is 1. The van der Waals surface area contributed by atoms with E-state index in [4.69, 9.17) is 0 Å². The van der Waals surface area contributed by atoms with E-state index in [9.17, 15) is 5.11 Å². The molecule has 1 atom stereocenters. The van der Waals surface area contributed by atoms with Gasteiger partial charge in [-0.15, -0.1) is 11.3 Å². The molecule has 0 aliphatic rings. The van der Waals surface area contributed by atoms with Gasteiger partial charge in [-0.05, 0) is 26.0 Å². The zero-order chi connectivity index (χ0) is 10.8. The Morgan fingerprint density at radius 3 is 2.80 bits per heavy atom. The molecule has 0 fully saturated rings. The Hall–Kier alpha value is -1.26. The predicted molar refractivity (Wildman–Crippen MR) is 60.7 cm³/mol. The summed E-state index contributed by atoms with van der Waals surface area (Å²) in [7, 11) is 0. The fourth-order valence-electron chi connectivity index (χ4n) is 1.41. The molecule has 2 aromatic rings. The van der Waals surface area contributed by atoms with Gasteiger partial charge in [-0.1, -0.05) is 0 Å². The third-order valence-electron chi connectivity index (χ3n) is 2.12. The Balaban J connectivity index is 2.43. The Morgan fingerprint density at radius 1 is 1.47 bits per heavy atom. The minimum atomic E-state index is -0.451. The van der Waals surface area contributed by atoms with Gasteiger partial charge < -0.3 is 5.11 Å². The van der Waals surface area contributed by atoms with Crippen molar-refractivity contribution in [2.24, 2.45) is 0 Å². The summed E-state index contributed by atoms with van der Waals surface area (Å²) in [6.45, 7) is 3.67. The molecule has 0 aliphatic carbocycles. The Labute approximate surface area is 92.5 Å². The van der Waals surface area contributed by atoms with Crippen molar-refractivity contribution in [3.8, 4) is 10.6 Å². The second-order valence-electron chi connectivity index (χ2n) is 3.39. The maximum atomic E-state index is 9.52. The molecule has 0 spiro atoms. The summed E-state index contributed by atoms with van der Waals surface area (Å²) in [6, 6.07) is 3.85. The van der Waals surface area contributed by atoms with Gasteiger partial charge in [0.15, 0.2) is 0 Å². The van der Waals surface area contributed by atoms with Crippen molar-refractivity contribution in [1.82, 2.24) is 9.97 Å². The van der Waals surface area contributed by atoms with Gasteiger partial charge in [0.25, 0.3) is 0 Å². The molecule has 78 valence electrons. The molecule has 4 heteroatoms. The summed E-state index contributed by atoms with van der Waals surface area (Å²) in [5.41, 5.74) is 1.89. The monoisotopic (exact) mass is 220 g/mol. The molecule has 0 bridgehead atoms. The van der Waals surface area contributed by atoms with E-state index in [0.29, 0.717) is 0 Å². The van der Waals surface area contributed by atoms with Crippen LogP contribution in [0.4, 0.5) is 0 Å². The van der Waals surface area contributed by atoms with Crippen LogP contribution < -0.4 is 0 Å². The molecule has 3 nitrogen and oxygen atoms in total. The van der Waals surface area contributed by atoms with Crippen molar-refractivity contribution < 1.29 is 5.11 Å². The molecular formula is C11H12N2OS. The van der Waals surface area contributed by atoms with Crippen LogP contribution in [0.5, 0.6) is 0 Å². The topological polar surface area (TPSA) is 46.0 Å². The van der Waals surface area contributed by atoms with E-state index in [1.165, 1.54) is 11.3 Å². The summed E-state index contributed by atoms with van der Waals surface area (Å²) < 4.78 is 0. The molecule has 0 saturated heterocycles. The van der Waals surface area contributed by atoms with Crippen LogP contribution in [0.25, 0.3) is 10.6 Å². The molecule has 0 radical (unpaired) electrons. The fourth-order valence-corrected chi connectivity index (χ4v) is 2.40. The molecule has 0 aromatic carbocycles. The van der Waals surface area contributed by atoms with Crippen molar-refractivity contribution in [2.45, 2.75) is 20.0 Å². The van der Waals surface area contributed by atoms with Gasteiger partial charge >= 0.3 is 0 Å². The number of thiazole rings is 1. The minimum Gasteiger partial charge on any atom is -0.388 e. The van der Waals surface area contributed by atoms with E-state index < -0.39 is 6.10 Å². The van der Waals surface area contributed by atoms with Crippen molar-refractivity contribution in [2.75, 3.05) is 0 Å². The van der Waals surface area contributed by atoms with Gasteiger partial charge in [0.05, 0.1) is 16.7 Å². The number of aliphatic hydroxyl groups is 1. The zero-order valence-electron chi connectivity index (χ0n) is 8.64. The summed E-state index contributed by atoms with van der Waals surface area (Å²) in [6.07, 6.45) is 3.07. The molecule has 2 heterocycles. The van der Waals surface area contributed by atoms with Gasteiger partial charge in [-0.25, -0.2) is 4.98 Å². The molecule has 0 aliphatic heterocycles. The first-order valence-electron chi connectivity index (χ1n) is 4.74. The summed E-state index contributed by atoms with van der Waals surface area (Å²) >= 11 is 1.52. The lowest BCUT2D eigenvalue weighted by Crippen LogP contribution is -1.88. The van der Waals surface area contributed by atoms with Crippen LogP contribution in [0.15, 0.2) is 24.5 Å². The highest BCUT2D eigenvalue weighted by Gasteiger charge is 2.12. The van der Waals surface area contributed by atoms with Crippen LogP contribution >= 0.6 is 11.3 Å². The number of hydrogen-bond donors (Lipinski definition) is 1. The van der Waals surface area contributed by atoms with E-state index in [1.807, 2.05) is 19.1 Å². The minimum absolute atomic E-state index is 0.451. The molecular weight excluding hydrogens is 208 g/mol. The third-order valence-corrected chi connectivity index (χ3v) is 3.50. The number of hydrogen-bond acceptors (Lipinski definition) is 4. The second-order valence-corrected chi connectivity index (χ2v) is 4.42. The van der Waals surface area contributed by atoms with E-state index in [2.05, 4.69) is 9.97 Å². The first-order valence-corrected chi connectivity index (χ1v) is 5.56. The SMILES string of the molecule is Cc1nc(-c2cccnc2)sc1C(C)O. The van der Waals surface area contributed by atoms with E-state index in [0.717, 1.165) is 21.1 Å². The van der Waals surface area contributed by atoms with Gasteiger partial charge in [0.2, 0.25) is 0 Å². The maximum Gasteiger partial charge on any atom is 0.125 e. The summed E-state index contributed by atoms with van der Waals surface area (Å²) in [5.74, 6) is 0. The lowest BCUT2D eigenvalue weighted by atomic mass is 10.3. The van der Waals surface area contributed by atoms with Crippen LogP contribution in [-0.4, -0.2) is 15.1 Å². The lowest BCUT2D eigenvalue weighted by molar-refractivity contribution is 0.202. The smallest absolute Gasteiger partial charge is 0.125 e. The van der Waals surface area contributed by atoms with Crippen molar-refractivity contribution >= 4 is 11.3 Å². The van der Waals surface area contributed by atoms with Crippen LogP contribution in [-0.2, 0) is 0 Å². The molecule has 2 aromatic heterocycles. The van der Waals surface area contributed by atoms with Crippen molar-refractivity contribution in [3.05, 3.63) is 35.1 Å². The average molecular weight is 220 g/mol. The summed E-state index contributed by atoms with van der Waals surface area (Å²) in [4.78, 5) is 9.39. The molecule has 1 unspecified atom stereocenters. The highest BCUT2D eigenvalue weighted by Crippen LogP contribution is 2.30. The summed E-state index contributed by atoms with van der Waals surface area (Å²) in [5, 5.41) is 10.4. The van der Waals surface area contributed by atoms with Crippen LogP contribution in [0.2, 0.25) is 0 Å². The molecule has 2 rings (SSSR count). The fraction of sp³-hybridized carbons (Fsp3) is 0.273. The maximum absolute atomic E-state index is 9.52. The van der Waals surface area contributed by atoms with Crippen molar-refractivity contribution in [1.29, 1.82) is 0 Å². The van der Waals surface area contributed by atoms with E-state index in [1.54, 1.807) is 19.3 Å². The predicted octanol–water partition coefficient (Wildman–Crippen LogP) is 2.57. The molecule has 1 N–H and O–H groups in total. The van der Waals surface area contributed by atoms with Crippen LogP contribution in [0.3, 0.4) is 0 Å². The molecule has 0 saturated carbocycles. The Kier molecular flexibility index (Phi) is 2.79. The zero-order valence-corrected chi connectivity index (χ0v) is 9.45. The number of nitrogens with zero attached hydrogens (tertiary/aromatic N) is 2. The number of pyridine rings is 1. The normalized spacial score (nSPS) is 12.7. The number of rotatable bonds is 2. The van der Waals surface area contributed by atoms with Crippen LogP contribution in [0, 0.1) is 6.92 Å². The highest BCUT2D eigenvalue weighted by atomic mass is 32.1. The van der Waals surface area contributed by atoms with E-state index in [-0.39, 0.29) is 0 Å². The van der Waals surface area contributed by atoms with Crippen molar-refractivity contribution in [3.63, 3.8) is 0 Å². The lowest BCUT2D eigenvalue weighted by Gasteiger charge is -1.98. The average Bonchev–Trinajstić information content (AvgIpc) is 2.62. The number of aromatic nitrogens is 2. The van der Waals surface area contributed by atoms with Crippen LogP contribution in [0.1, 0.15) is 23.6 Å². The van der Waals surface area contributed by atoms with E-state index >= 15 is 0 Å². The van der Waals surface area contributed by atoms with Gasteiger partial charge in [0, 0.05) is 18.0 Å². The van der Waals surface area contributed by atoms with Gasteiger partial charge in [0.1, 0.15) is 5.01 Å². The standard InChI is InChI=1S/C11H12N2OS/c1-7-10(8(2)14)15-11(13-7)9-4-3-5-12-6-9/h3-6,8,14H,1-2H3. The first-order chi connectivity index (χ1) is 7.18. The van der Waals surface area contributed by atoms with Gasteiger partial charge in [-0.3, -0.25) is 4.98 Å². The second kappa shape index (κ2) is 4.08. The quantitative estimate of drug-likeness (QED) is 0.846. The largest absolute Gasteiger partial charge is 0.388 e. The first kappa shape index (κ1) is 10.3. The van der Waals surface area contributed by atoms with Gasteiger partial charge in [-0.2, -0.15) is 0 Å². The Bertz CT molecular complexity index is 451. The third kappa shape index (κ3) is 2.06. The molecule has 0 amide bonds.